The molecule has 1 aliphatic heterocycles. The lowest BCUT2D eigenvalue weighted by molar-refractivity contribution is 0.380. The molecular weight excluding hydrogens is 340 g/mol. The molecule has 8 heteroatoms. The van der Waals surface area contributed by atoms with Crippen LogP contribution < -0.4 is 4.90 Å². The first-order valence-electron chi connectivity index (χ1n) is 8.10. The maximum absolute atomic E-state index is 12.5. The molecule has 0 saturated carbocycles. The molecule has 25 heavy (non-hydrogen) atoms. The van der Waals surface area contributed by atoms with Gasteiger partial charge < -0.3 is 9.42 Å². The Morgan fingerprint density at radius 2 is 1.80 bits per heavy atom. The van der Waals surface area contributed by atoms with E-state index in [1.165, 1.54) is 10.6 Å². The molecule has 3 heterocycles. The summed E-state index contributed by atoms with van der Waals surface area (Å²) >= 11 is 0. The average molecular weight is 358 g/mol. The molecule has 1 fully saturated rings. The second-order valence-corrected chi connectivity index (χ2v) is 7.96. The van der Waals surface area contributed by atoms with E-state index in [4.69, 9.17) is 4.52 Å². The first-order chi connectivity index (χ1) is 12.1. The van der Waals surface area contributed by atoms with E-state index in [0.717, 1.165) is 16.7 Å². The molecule has 1 aliphatic rings. The van der Waals surface area contributed by atoms with E-state index in [9.17, 15) is 8.42 Å². The number of para-hydroxylation sites is 1. The lowest BCUT2D eigenvalue weighted by Gasteiger charge is -2.34. The highest BCUT2D eigenvalue weighted by Crippen LogP contribution is 2.20. The molecule has 0 unspecified atom stereocenters. The summed E-state index contributed by atoms with van der Waals surface area (Å²) in [5, 5.41) is 4.78. The largest absolute Gasteiger partial charge is 0.364 e. The average Bonchev–Trinajstić information content (AvgIpc) is 3.14. The van der Waals surface area contributed by atoms with Crippen molar-refractivity contribution >= 4 is 26.7 Å². The van der Waals surface area contributed by atoms with Crippen molar-refractivity contribution in [1.29, 1.82) is 0 Å². The molecule has 4 rings (SSSR count). The number of hydrogen-bond donors (Lipinski definition) is 0. The van der Waals surface area contributed by atoms with Crippen LogP contribution in [-0.2, 0) is 15.8 Å². The van der Waals surface area contributed by atoms with Crippen LogP contribution in [0, 0.1) is 0 Å². The molecule has 0 aliphatic carbocycles. The smallest absolute Gasteiger partial charge is 0.220 e. The zero-order valence-electron chi connectivity index (χ0n) is 13.6. The highest BCUT2D eigenvalue weighted by atomic mass is 32.2. The van der Waals surface area contributed by atoms with Crippen molar-refractivity contribution in [1.82, 2.24) is 14.4 Å². The number of aromatic nitrogens is 2. The van der Waals surface area contributed by atoms with E-state index in [-0.39, 0.29) is 5.75 Å². The summed E-state index contributed by atoms with van der Waals surface area (Å²) in [4.78, 5) is 6.80. The third kappa shape index (κ3) is 3.35. The first-order valence-corrected chi connectivity index (χ1v) is 9.70. The summed E-state index contributed by atoms with van der Waals surface area (Å²) in [7, 11) is -3.38. The van der Waals surface area contributed by atoms with Gasteiger partial charge in [-0.15, -0.1) is 0 Å². The van der Waals surface area contributed by atoms with Crippen molar-refractivity contribution in [2.45, 2.75) is 5.75 Å². The Labute approximate surface area is 145 Å². The second-order valence-electron chi connectivity index (χ2n) is 6.00. The zero-order chi connectivity index (χ0) is 17.3. The van der Waals surface area contributed by atoms with Crippen LogP contribution in [0.3, 0.4) is 0 Å². The summed E-state index contributed by atoms with van der Waals surface area (Å²) in [6.07, 6.45) is 1.38. The fraction of sp³-hybridized carbons (Fsp3) is 0.294. The van der Waals surface area contributed by atoms with E-state index in [1.54, 1.807) is 6.07 Å². The Morgan fingerprint density at radius 3 is 2.56 bits per heavy atom. The van der Waals surface area contributed by atoms with Crippen LogP contribution in [0.15, 0.2) is 53.3 Å². The lowest BCUT2D eigenvalue weighted by atomic mass is 10.2. The molecule has 1 saturated heterocycles. The zero-order valence-corrected chi connectivity index (χ0v) is 14.4. The predicted molar refractivity (Wildman–Crippen MR) is 94.7 cm³/mol. The van der Waals surface area contributed by atoms with Gasteiger partial charge in [0.15, 0.2) is 0 Å². The molecule has 1 aromatic carbocycles. The standard InChI is InChI=1S/C17H18N4O3S/c22-25(23,13-15-7-12-24-19-15)21-10-8-20(9-11-21)17-6-5-14-3-1-2-4-16(14)18-17/h1-7,12H,8-11,13H2. The Balaban J connectivity index is 1.45. The summed E-state index contributed by atoms with van der Waals surface area (Å²) in [6, 6.07) is 13.6. The molecule has 0 N–H and O–H groups in total. The lowest BCUT2D eigenvalue weighted by Crippen LogP contribution is -2.49. The van der Waals surface area contributed by atoms with Crippen molar-refractivity contribution < 1.29 is 12.9 Å². The van der Waals surface area contributed by atoms with Gasteiger partial charge in [-0.25, -0.2) is 13.4 Å². The van der Waals surface area contributed by atoms with Gasteiger partial charge in [0, 0.05) is 37.6 Å². The van der Waals surface area contributed by atoms with Crippen LogP contribution in [0.25, 0.3) is 10.9 Å². The van der Waals surface area contributed by atoms with Gasteiger partial charge in [-0.1, -0.05) is 23.4 Å². The van der Waals surface area contributed by atoms with Crippen LogP contribution >= 0.6 is 0 Å². The van der Waals surface area contributed by atoms with Crippen molar-refractivity contribution in [3.8, 4) is 0 Å². The Hall–Kier alpha value is -2.45. The van der Waals surface area contributed by atoms with Crippen LogP contribution in [0.5, 0.6) is 0 Å². The van der Waals surface area contributed by atoms with Crippen molar-refractivity contribution in [2.24, 2.45) is 0 Å². The van der Waals surface area contributed by atoms with Gasteiger partial charge in [-0.05, 0) is 18.2 Å². The number of benzene rings is 1. The summed E-state index contributed by atoms with van der Waals surface area (Å²) in [5.41, 5.74) is 1.37. The summed E-state index contributed by atoms with van der Waals surface area (Å²) in [5.74, 6) is 0.754. The molecule has 7 nitrogen and oxygen atoms in total. The monoisotopic (exact) mass is 358 g/mol. The molecule has 0 spiro atoms. The van der Waals surface area contributed by atoms with Gasteiger partial charge in [0.25, 0.3) is 0 Å². The molecule has 0 bridgehead atoms. The van der Waals surface area contributed by atoms with E-state index in [0.29, 0.717) is 31.9 Å². The maximum Gasteiger partial charge on any atom is 0.220 e. The van der Waals surface area contributed by atoms with Crippen LogP contribution in [-0.4, -0.2) is 49.0 Å². The van der Waals surface area contributed by atoms with Gasteiger partial charge in [-0.3, -0.25) is 0 Å². The van der Waals surface area contributed by atoms with Gasteiger partial charge in [-0.2, -0.15) is 4.31 Å². The number of piperazine rings is 1. The molecule has 3 aromatic rings. The fourth-order valence-corrected chi connectivity index (χ4v) is 4.44. The van der Waals surface area contributed by atoms with Crippen LogP contribution in [0.1, 0.15) is 5.69 Å². The SMILES string of the molecule is O=S(=O)(Cc1ccon1)N1CCN(c2ccc3ccccc3n2)CC1. The van der Waals surface area contributed by atoms with Gasteiger partial charge in [0.05, 0.1) is 11.2 Å². The van der Waals surface area contributed by atoms with Crippen molar-refractivity contribution in [3.63, 3.8) is 0 Å². The van der Waals surface area contributed by atoms with Crippen LogP contribution in [0.4, 0.5) is 5.82 Å². The minimum absolute atomic E-state index is 0.127. The maximum atomic E-state index is 12.5. The van der Waals surface area contributed by atoms with E-state index in [2.05, 4.69) is 15.0 Å². The minimum Gasteiger partial charge on any atom is -0.364 e. The summed E-state index contributed by atoms with van der Waals surface area (Å²) < 4.78 is 31.2. The second kappa shape index (κ2) is 6.45. The van der Waals surface area contributed by atoms with Gasteiger partial charge in [0.2, 0.25) is 10.0 Å². The van der Waals surface area contributed by atoms with Crippen molar-refractivity contribution in [3.05, 3.63) is 54.4 Å². The van der Waals surface area contributed by atoms with Crippen molar-refractivity contribution in [2.75, 3.05) is 31.1 Å². The quantitative estimate of drug-likeness (QED) is 0.708. The Morgan fingerprint density at radius 1 is 1.00 bits per heavy atom. The number of sulfonamides is 1. The van der Waals surface area contributed by atoms with E-state index in [1.807, 2.05) is 36.4 Å². The minimum atomic E-state index is -3.38. The number of nitrogens with zero attached hydrogens (tertiary/aromatic N) is 4. The van der Waals surface area contributed by atoms with Gasteiger partial charge in [0.1, 0.15) is 17.8 Å². The molecule has 0 atom stereocenters. The molecule has 130 valence electrons. The third-order valence-electron chi connectivity index (χ3n) is 4.36. The highest BCUT2D eigenvalue weighted by molar-refractivity contribution is 7.88. The topological polar surface area (TPSA) is 79.5 Å². The molecular formula is C17H18N4O3S. The van der Waals surface area contributed by atoms with Crippen LogP contribution in [0.2, 0.25) is 0 Å². The first kappa shape index (κ1) is 16.0. The number of fused-ring (bicyclic) bond motifs is 1. The number of pyridine rings is 1. The van der Waals surface area contributed by atoms with Gasteiger partial charge >= 0.3 is 0 Å². The Kier molecular flexibility index (Phi) is 4.14. The number of rotatable bonds is 4. The highest BCUT2D eigenvalue weighted by Gasteiger charge is 2.28. The third-order valence-corrected chi connectivity index (χ3v) is 6.17. The molecule has 2 aromatic heterocycles. The fourth-order valence-electron chi connectivity index (χ4n) is 3.02. The number of hydrogen-bond acceptors (Lipinski definition) is 6. The van der Waals surface area contributed by atoms with E-state index < -0.39 is 10.0 Å². The Bertz CT molecular complexity index is 964. The van der Waals surface area contributed by atoms with E-state index >= 15 is 0 Å². The predicted octanol–water partition coefficient (Wildman–Crippen LogP) is 1.87. The summed E-state index contributed by atoms with van der Waals surface area (Å²) in [6.45, 7) is 2.11. The molecule has 0 amide bonds. The number of anilines is 1. The normalized spacial score (nSPS) is 16.4. The molecule has 0 radical (unpaired) electrons.